The van der Waals surface area contributed by atoms with E-state index < -0.39 is 80.2 Å². The fraction of sp³-hybridized carbons (Fsp3) is 1.00. The molecule has 0 aromatic carbocycles. The molecule has 26 heavy (non-hydrogen) atoms. The standard InChI is InChI=1S/C16H32O10/c1-16(2,3)7(4-17)10(21)14(8(20)5-18)26-15-13(24)12(23)11(22)9(6-19)25-15/h7-15,17-24H,4-6H2,1-3H3/t7?,8-,9-,10-,11-,12+,13-,14-,15-/m1/s1. The van der Waals surface area contributed by atoms with Crippen molar-refractivity contribution in [3.05, 3.63) is 0 Å². The highest BCUT2D eigenvalue weighted by atomic mass is 16.7. The van der Waals surface area contributed by atoms with E-state index in [1.165, 1.54) is 0 Å². The van der Waals surface area contributed by atoms with Crippen LogP contribution in [0.5, 0.6) is 0 Å². The lowest BCUT2D eigenvalue weighted by molar-refractivity contribution is -0.327. The van der Waals surface area contributed by atoms with E-state index in [2.05, 4.69) is 0 Å². The van der Waals surface area contributed by atoms with Gasteiger partial charge in [0.05, 0.1) is 19.3 Å². The highest BCUT2D eigenvalue weighted by Crippen LogP contribution is 2.32. The molecule has 10 nitrogen and oxygen atoms in total. The van der Waals surface area contributed by atoms with E-state index >= 15 is 0 Å². The van der Waals surface area contributed by atoms with E-state index in [0.717, 1.165) is 0 Å². The highest BCUT2D eigenvalue weighted by Gasteiger charge is 2.47. The normalized spacial score (nSPS) is 35.0. The Hall–Kier alpha value is -0.400. The SMILES string of the molecule is CC(C)(C)C(CO)[C@@H](O)[C@H](O[C@H]1O[C@H](CO)[C@@H](O)[C@H](O)[C@H]1O)[C@H](O)CO. The molecule has 1 saturated heterocycles. The van der Waals surface area contributed by atoms with Crippen LogP contribution in [0.4, 0.5) is 0 Å². The molecule has 0 bridgehead atoms. The van der Waals surface area contributed by atoms with Crippen LogP contribution in [-0.2, 0) is 9.47 Å². The van der Waals surface area contributed by atoms with Crippen LogP contribution in [0.15, 0.2) is 0 Å². The zero-order valence-corrected chi connectivity index (χ0v) is 15.2. The maximum Gasteiger partial charge on any atom is 0.187 e. The van der Waals surface area contributed by atoms with Gasteiger partial charge in [0.1, 0.15) is 36.6 Å². The topological polar surface area (TPSA) is 180 Å². The molecule has 0 saturated carbocycles. The summed E-state index contributed by atoms with van der Waals surface area (Å²) in [4.78, 5) is 0. The Bertz CT molecular complexity index is 412. The molecule has 1 aliphatic rings. The molecule has 9 atom stereocenters. The summed E-state index contributed by atoms with van der Waals surface area (Å²) in [6.45, 7) is 3.40. The molecule has 1 aliphatic heterocycles. The first-order chi connectivity index (χ1) is 12.0. The molecule has 0 aromatic heterocycles. The van der Waals surface area contributed by atoms with E-state index in [1.807, 2.05) is 0 Å². The molecule has 0 radical (unpaired) electrons. The predicted molar refractivity (Wildman–Crippen MR) is 87.8 cm³/mol. The molecule has 0 spiro atoms. The minimum absolute atomic E-state index is 0.433. The third-order valence-electron chi connectivity index (χ3n) is 4.76. The van der Waals surface area contributed by atoms with Gasteiger partial charge >= 0.3 is 0 Å². The first-order valence-corrected chi connectivity index (χ1v) is 8.53. The number of hydrogen-bond acceptors (Lipinski definition) is 10. The summed E-state index contributed by atoms with van der Waals surface area (Å²) in [6.07, 6.45) is -12.3. The van der Waals surface area contributed by atoms with Gasteiger partial charge in [-0.05, 0) is 5.41 Å². The highest BCUT2D eigenvalue weighted by molar-refractivity contribution is 4.92. The molecule has 1 heterocycles. The summed E-state index contributed by atoms with van der Waals surface area (Å²) in [7, 11) is 0. The molecule has 10 heteroatoms. The zero-order chi connectivity index (χ0) is 20.2. The van der Waals surface area contributed by atoms with E-state index in [0.29, 0.717) is 0 Å². The second-order valence-electron chi connectivity index (χ2n) is 7.69. The quantitative estimate of drug-likeness (QED) is 0.209. The Labute approximate surface area is 152 Å². The fourth-order valence-electron chi connectivity index (χ4n) is 2.96. The van der Waals surface area contributed by atoms with Gasteiger partial charge in [-0.3, -0.25) is 0 Å². The van der Waals surface area contributed by atoms with Crippen molar-refractivity contribution in [2.24, 2.45) is 11.3 Å². The second kappa shape index (κ2) is 9.69. The van der Waals surface area contributed by atoms with Crippen LogP contribution in [0.25, 0.3) is 0 Å². The van der Waals surface area contributed by atoms with Gasteiger partial charge in [0, 0.05) is 12.5 Å². The van der Waals surface area contributed by atoms with Crippen molar-refractivity contribution in [2.75, 3.05) is 19.8 Å². The van der Waals surface area contributed by atoms with Gasteiger partial charge in [-0.1, -0.05) is 20.8 Å². The number of rotatable bonds is 8. The van der Waals surface area contributed by atoms with Gasteiger partial charge in [-0.2, -0.15) is 0 Å². The summed E-state index contributed by atoms with van der Waals surface area (Å²) < 4.78 is 10.6. The molecular weight excluding hydrogens is 352 g/mol. The lowest BCUT2D eigenvalue weighted by atomic mass is 9.75. The summed E-state index contributed by atoms with van der Waals surface area (Å²) in [6, 6.07) is 0. The Morgan fingerprint density at radius 2 is 1.50 bits per heavy atom. The van der Waals surface area contributed by atoms with E-state index in [1.54, 1.807) is 20.8 Å². The molecule has 1 rings (SSSR count). The molecule has 0 aromatic rings. The van der Waals surface area contributed by atoms with Gasteiger partial charge in [0.15, 0.2) is 6.29 Å². The molecule has 1 unspecified atom stereocenters. The minimum atomic E-state index is -1.73. The molecule has 156 valence electrons. The lowest BCUT2D eigenvalue weighted by Crippen LogP contribution is -2.61. The van der Waals surface area contributed by atoms with E-state index in [9.17, 15) is 40.9 Å². The van der Waals surface area contributed by atoms with Gasteiger partial charge in [-0.15, -0.1) is 0 Å². The summed E-state index contributed by atoms with van der Waals surface area (Å²) >= 11 is 0. The predicted octanol–water partition coefficient (Wildman–Crippen LogP) is -3.46. The third kappa shape index (κ3) is 5.32. The molecule has 0 aliphatic carbocycles. The Balaban J connectivity index is 3.03. The average Bonchev–Trinajstić information content (AvgIpc) is 2.57. The van der Waals surface area contributed by atoms with Crippen LogP contribution >= 0.6 is 0 Å². The first kappa shape index (κ1) is 23.6. The van der Waals surface area contributed by atoms with Crippen molar-refractivity contribution in [1.82, 2.24) is 0 Å². The smallest absolute Gasteiger partial charge is 0.187 e. The van der Waals surface area contributed by atoms with Crippen molar-refractivity contribution < 1.29 is 50.3 Å². The van der Waals surface area contributed by atoms with E-state index in [-0.39, 0.29) is 0 Å². The summed E-state index contributed by atoms with van der Waals surface area (Å²) in [5.41, 5.74) is -0.583. The van der Waals surface area contributed by atoms with Crippen LogP contribution in [0.3, 0.4) is 0 Å². The maximum atomic E-state index is 10.6. The van der Waals surface area contributed by atoms with Gasteiger partial charge in [0.2, 0.25) is 0 Å². The zero-order valence-electron chi connectivity index (χ0n) is 15.2. The Morgan fingerprint density at radius 1 is 0.923 bits per heavy atom. The number of hydrogen-bond donors (Lipinski definition) is 8. The fourth-order valence-corrected chi connectivity index (χ4v) is 2.96. The summed E-state index contributed by atoms with van der Waals surface area (Å²) in [5, 5.41) is 78.4. The van der Waals surface area contributed by atoms with Crippen molar-refractivity contribution in [2.45, 2.75) is 69.8 Å². The first-order valence-electron chi connectivity index (χ1n) is 8.53. The van der Waals surface area contributed by atoms with Crippen molar-refractivity contribution >= 4 is 0 Å². The van der Waals surface area contributed by atoms with Gasteiger partial charge in [-0.25, -0.2) is 0 Å². The van der Waals surface area contributed by atoms with Crippen molar-refractivity contribution in [3.63, 3.8) is 0 Å². The average molecular weight is 384 g/mol. The third-order valence-corrected chi connectivity index (χ3v) is 4.76. The lowest BCUT2D eigenvalue weighted by Gasteiger charge is -2.43. The Kier molecular flexibility index (Phi) is 8.81. The van der Waals surface area contributed by atoms with Crippen LogP contribution < -0.4 is 0 Å². The van der Waals surface area contributed by atoms with Crippen LogP contribution in [0.1, 0.15) is 20.8 Å². The maximum absolute atomic E-state index is 10.6. The second-order valence-corrected chi connectivity index (χ2v) is 7.69. The van der Waals surface area contributed by atoms with E-state index in [4.69, 9.17) is 9.47 Å². The monoisotopic (exact) mass is 384 g/mol. The Morgan fingerprint density at radius 3 is 1.92 bits per heavy atom. The largest absolute Gasteiger partial charge is 0.396 e. The van der Waals surface area contributed by atoms with Crippen LogP contribution in [0, 0.1) is 11.3 Å². The van der Waals surface area contributed by atoms with Crippen LogP contribution in [0.2, 0.25) is 0 Å². The molecule has 0 amide bonds. The van der Waals surface area contributed by atoms with Crippen LogP contribution in [-0.4, -0.2) is 110 Å². The number of aliphatic hydroxyl groups is 8. The molecular formula is C16H32O10. The summed E-state index contributed by atoms with van der Waals surface area (Å²) in [5.74, 6) is -0.751. The number of aliphatic hydroxyl groups excluding tert-OH is 8. The number of ether oxygens (including phenoxy) is 2. The molecule has 8 N–H and O–H groups in total. The van der Waals surface area contributed by atoms with Gasteiger partial charge in [0.25, 0.3) is 0 Å². The van der Waals surface area contributed by atoms with Crippen molar-refractivity contribution in [3.8, 4) is 0 Å². The minimum Gasteiger partial charge on any atom is -0.396 e. The van der Waals surface area contributed by atoms with Gasteiger partial charge < -0.3 is 50.3 Å². The van der Waals surface area contributed by atoms with Crippen molar-refractivity contribution in [1.29, 1.82) is 0 Å². The molecule has 1 fully saturated rings.